The molecule has 0 saturated carbocycles. The molecular weight excluding hydrogens is 513 g/mol. The Morgan fingerprint density at radius 2 is 1.87 bits per heavy atom. The lowest BCUT2D eigenvalue weighted by Gasteiger charge is -2.23. The molecule has 1 aliphatic heterocycles. The molecule has 1 aliphatic rings. The van der Waals surface area contributed by atoms with Crippen molar-refractivity contribution in [3.8, 4) is 5.75 Å². The van der Waals surface area contributed by atoms with Gasteiger partial charge in [-0.25, -0.2) is 4.79 Å². The van der Waals surface area contributed by atoms with Crippen LogP contribution < -0.4 is 20.7 Å². The number of methoxy groups -OCH3 is 1. The summed E-state index contributed by atoms with van der Waals surface area (Å²) in [5.74, 6) is 1.28. The molecule has 1 fully saturated rings. The molecule has 1 saturated heterocycles. The van der Waals surface area contributed by atoms with E-state index in [0.717, 1.165) is 24.3 Å². The first kappa shape index (κ1) is 26.8. The first-order valence-corrected chi connectivity index (χ1v) is 10.0. The van der Waals surface area contributed by atoms with Crippen molar-refractivity contribution in [1.82, 2.24) is 20.9 Å². The third-order valence-corrected chi connectivity index (χ3v) is 4.48. The van der Waals surface area contributed by atoms with E-state index >= 15 is 0 Å². The van der Waals surface area contributed by atoms with Gasteiger partial charge in [-0.2, -0.15) is 0 Å². The Bertz CT molecular complexity index is 749. The van der Waals surface area contributed by atoms with E-state index in [-0.39, 0.29) is 42.5 Å². The van der Waals surface area contributed by atoms with Gasteiger partial charge in [-0.15, -0.1) is 24.0 Å². The molecule has 2 amide bonds. The van der Waals surface area contributed by atoms with E-state index in [2.05, 4.69) is 20.9 Å². The molecule has 1 heterocycles. The first-order valence-electron chi connectivity index (χ1n) is 10.0. The second-order valence-corrected chi connectivity index (χ2v) is 8.10. The number of benzene rings is 1. The minimum Gasteiger partial charge on any atom is -0.497 e. The van der Waals surface area contributed by atoms with Crippen molar-refractivity contribution >= 4 is 41.9 Å². The quantitative estimate of drug-likeness (QED) is 0.287. The molecule has 1 aromatic carbocycles. The van der Waals surface area contributed by atoms with E-state index in [1.807, 2.05) is 49.9 Å². The van der Waals surface area contributed by atoms with Gasteiger partial charge in [0.25, 0.3) is 0 Å². The fourth-order valence-corrected chi connectivity index (χ4v) is 3.04. The van der Waals surface area contributed by atoms with Crippen molar-refractivity contribution in [3.63, 3.8) is 0 Å². The SMILES string of the molecule is CN=C(NCC(=O)NCc1ccc(OC)cc1)N1CCC(NC(=O)OC(C)(C)C)C1.I. The molecule has 1 aromatic rings. The zero-order valence-electron chi connectivity index (χ0n) is 18.9. The number of aliphatic imine (C=N–C) groups is 1. The summed E-state index contributed by atoms with van der Waals surface area (Å²) in [6.07, 6.45) is 0.360. The van der Waals surface area contributed by atoms with Gasteiger partial charge in [0, 0.05) is 26.7 Å². The average molecular weight is 547 g/mol. The lowest BCUT2D eigenvalue weighted by Crippen LogP contribution is -2.46. The largest absolute Gasteiger partial charge is 0.497 e. The van der Waals surface area contributed by atoms with Gasteiger partial charge in [0.05, 0.1) is 19.7 Å². The summed E-state index contributed by atoms with van der Waals surface area (Å²) in [5.41, 5.74) is 0.461. The Kier molecular flexibility index (Phi) is 10.9. The molecule has 0 radical (unpaired) electrons. The van der Waals surface area contributed by atoms with Gasteiger partial charge in [0.1, 0.15) is 11.4 Å². The van der Waals surface area contributed by atoms with Crippen LogP contribution in [-0.4, -0.2) is 68.3 Å². The Labute approximate surface area is 201 Å². The number of amides is 2. The van der Waals surface area contributed by atoms with Crippen LogP contribution in [0.1, 0.15) is 32.8 Å². The fourth-order valence-electron chi connectivity index (χ4n) is 3.04. The molecular formula is C21H34IN5O4. The van der Waals surface area contributed by atoms with Crippen LogP contribution >= 0.6 is 24.0 Å². The van der Waals surface area contributed by atoms with Crippen LogP contribution in [0.15, 0.2) is 29.3 Å². The first-order chi connectivity index (χ1) is 14.2. The molecule has 1 unspecified atom stereocenters. The third kappa shape index (κ3) is 9.62. The lowest BCUT2D eigenvalue weighted by atomic mass is 10.2. The Morgan fingerprint density at radius 1 is 1.19 bits per heavy atom. The topological polar surface area (TPSA) is 104 Å². The third-order valence-electron chi connectivity index (χ3n) is 4.48. The van der Waals surface area contributed by atoms with Crippen molar-refractivity contribution in [2.75, 3.05) is 33.8 Å². The highest BCUT2D eigenvalue weighted by Gasteiger charge is 2.28. The van der Waals surface area contributed by atoms with Crippen LogP contribution in [0.3, 0.4) is 0 Å². The van der Waals surface area contributed by atoms with Gasteiger partial charge in [0.15, 0.2) is 5.96 Å². The number of hydrogen-bond acceptors (Lipinski definition) is 5. The van der Waals surface area contributed by atoms with Crippen molar-refractivity contribution in [1.29, 1.82) is 0 Å². The van der Waals surface area contributed by atoms with Gasteiger partial charge < -0.3 is 30.3 Å². The number of nitrogens with zero attached hydrogens (tertiary/aromatic N) is 2. The number of rotatable bonds is 6. The van der Waals surface area contributed by atoms with Gasteiger partial charge in [-0.1, -0.05) is 12.1 Å². The molecule has 0 bridgehead atoms. The minimum absolute atomic E-state index is 0. The number of hydrogen-bond donors (Lipinski definition) is 3. The maximum Gasteiger partial charge on any atom is 0.407 e. The van der Waals surface area contributed by atoms with Crippen LogP contribution in [0.2, 0.25) is 0 Å². The molecule has 3 N–H and O–H groups in total. The van der Waals surface area contributed by atoms with Gasteiger partial charge in [0.2, 0.25) is 5.91 Å². The monoisotopic (exact) mass is 547 g/mol. The van der Waals surface area contributed by atoms with Crippen molar-refractivity contribution in [2.45, 2.75) is 45.4 Å². The Hall–Kier alpha value is -2.24. The number of ether oxygens (including phenoxy) is 2. The number of carbonyl (C=O) groups is 2. The van der Waals surface area contributed by atoms with Gasteiger partial charge in [-0.05, 0) is 44.9 Å². The summed E-state index contributed by atoms with van der Waals surface area (Å²) in [6.45, 7) is 7.38. The maximum atomic E-state index is 12.2. The summed E-state index contributed by atoms with van der Waals surface area (Å²) in [5, 5.41) is 8.83. The number of halogens is 1. The molecule has 0 spiro atoms. The zero-order chi connectivity index (χ0) is 22.1. The standard InChI is InChI=1S/C21H33N5O4.HI/c1-21(2,3)30-20(28)25-16-10-11-26(14-16)19(22-4)24-13-18(27)23-12-15-6-8-17(29-5)9-7-15;/h6-9,16H,10-14H2,1-5H3,(H,22,24)(H,23,27)(H,25,28);1H. The number of carbonyl (C=O) groups excluding carboxylic acids is 2. The number of alkyl carbamates (subject to hydrolysis) is 1. The van der Waals surface area contributed by atoms with Crippen LogP contribution in [0.4, 0.5) is 4.79 Å². The van der Waals surface area contributed by atoms with Crippen LogP contribution in [0, 0.1) is 0 Å². The van der Waals surface area contributed by atoms with E-state index in [0.29, 0.717) is 19.0 Å². The fraction of sp³-hybridized carbons (Fsp3) is 0.571. The molecule has 10 heteroatoms. The van der Waals surface area contributed by atoms with Crippen LogP contribution in [0.5, 0.6) is 5.75 Å². The predicted octanol–water partition coefficient (Wildman–Crippen LogP) is 2.10. The molecule has 1 atom stereocenters. The highest BCUT2D eigenvalue weighted by molar-refractivity contribution is 14.0. The average Bonchev–Trinajstić information content (AvgIpc) is 3.13. The smallest absolute Gasteiger partial charge is 0.407 e. The minimum atomic E-state index is -0.529. The molecule has 31 heavy (non-hydrogen) atoms. The second-order valence-electron chi connectivity index (χ2n) is 8.10. The molecule has 0 aromatic heterocycles. The lowest BCUT2D eigenvalue weighted by molar-refractivity contribution is -0.120. The van der Waals surface area contributed by atoms with Crippen LogP contribution in [-0.2, 0) is 16.1 Å². The van der Waals surface area contributed by atoms with E-state index in [1.54, 1.807) is 14.2 Å². The van der Waals surface area contributed by atoms with E-state index < -0.39 is 11.7 Å². The molecule has 9 nitrogen and oxygen atoms in total. The van der Waals surface area contributed by atoms with E-state index in [4.69, 9.17) is 9.47 Å². The Balaban J connectivity index is 0.00000480. The summed E-state index contributed by atoms with van der Waals surface area (Å²) >= 11 is 0. The van der Waals surface area contributed by atoms with Gasteiger partial charge in [-0.3, -0.25) is 9.79 Å². The van der Waals surface area contributed by atoms with E-state index in [1.165, 1.54) is 0 Å². The summed E-state index contributed by atoms with van der Waals surface area (Å²) in [7, 11) is 3.29. The van der Waals surface area contributed by atoms with Crippen LogP contribution in [0.25, 0.3) is 0 Å². The molecule has 2 rings (SSSR count). The van der Waals surface area contributed by atoms with E-state index in [9.17, 15) is 9.59 Å². The molecule has 174 valence electrons. The van der Waals surface area contributed by atoms with Crippen molar-refractivity contribution in [2.24, 2.45) is 4.99 Å². The van der Waals surface area contributed by atoms with Crippen molar-refractivity contribution in [3.05, 3.63) is 29.8 Å². The normalized spacial score (nSPS) is 16.2. The highest BCUT2D eigenvalue weighted by atomic mass is 127. The molecule has 0 aliphatic carbocycles. The second kappa shape index (κ2) is 12.6. The summed E-state index contributed by atoms with van der Waals surface area (Å²) in [4.78, 5) is 30.4. The number of guanidine groups is 1. The van der Waals surface area contributed by atoms with Crippen molar-refractivity contribution < 1.29 is 19.1 Å². The summed E-state index contributed by atoms with van der Waals surface area (Å²) in [6, 6.07) is 7.51. The number of nitrogens with one attached hydrogen (secondary N) is 3. The highest BCUT2D eigenvalue weighted by Crippen LogP contribution is 2.12. The zero-order valence-corrected chi connectivity index (χ0v) is 21.2. The maximum absolute atomic E-state index is 12.2. The Morgan fingerprint density at radius 3 is 2.45 bits per heavy atom. The van der Waals surface area contributed by atoms with Gasteiger partial charge >= 0.3 is 6.09 Å². The number of likely N-dealkylation sites (tertiary alicyclic amines) is 1. The summed E-state index contributed by atoms with van der Waals surface area (Å²) < 4.78 is 10.4. The predicted molar refractivity (Wildman–Crippen MR) is 131 cm³/mol.